The maximum atomic E-state index is 12.2. The Labute approximate surface area is 151 Å². The third-order valence-electron chi connectivity index (χ3n) is 4.83. The Kier molecular flexibility index (Phi) is 4.40. The molecule has 0 saturated carbocycles. The van der Waals surface area contributed by atoms with Crippen molar-refractivity contribution in [3.8, 4) is 0 Å². The Morgan fingerprint density at radius 2 is 2.00 bits per heavy atom. The van der Waals surface area contributed by atoms with Gasteiger partial charge in [-0.25, -0.2) is 4.79 Å². The summed E-state index contributed by atoms with van der Waals surface area (Å²) >= 11 is 6.59. The Bertz CT molecular complexity index is 941. The maximum Gasteiger partial charge on any atom is 0.338 e. The van der Waals surface area contributed by atoms with Crippen LogP contribution in [0.25, 0.3) is 21.8 Å². The Morgan fingerprint density at radius 3 is 2.76 bits per heavy atom. The summed E-state index contributed by atoms with van der Waals surface area (Å²) in [5, 5.41) is 2.70. The molecular formula is C20H20ClNO3. The molecule has 0 spiro atoms. The van der Waals surface area contributed by atoms with Crippen molar-refractivity contribution >= 4 is 39.4 Å². The van der Waals surface area contributed by atoms with Crippen molar-refractivity contribution in [1.82, 2.24) is 4.57 Å². The fraction of sp³-hybridized carbons (Fsp3) is 0.350. The SMILES string of the molecule is CCOC(=O)c1cc(Cl)c2c3ccccc3n(C3CCOCC3)c2c1. The first-order chi connectivity index (χ1) is 12.2. The second-order valence-electron chi connectivity index (χ2n) is 6.30. The van der Waals surface area contributed by atoms with E-state index in [2.05, 4.69) is 16.7 Å². The Morgan fingerprint density at radius 1 is 1.24 bits per heavy atom. The van der Waals surface area contributed by atoms with Crippen LogP contribution in [0.1, 0.15) is 36.2 Å². The zero-order valence-electron chi connectivity index (χ0n) is 14.1. The van der Waals surface area contributed by atoms with Crippen LogP contribution in [0.5, 0.6) is 0 Å². The van der Waals surface area contributed by atoms with E-state index in [9.17, 15) is 4.79 Å². The molecule has 0 unspecified atom stereocenters. The molecule has 0 radical (unpaired) electrons. The van der Waals surface area contributed by atoms with E-state index >= 15 is 0 Å². The van der Waals surface area contributed by atoms with Gasteiger partial charge >= 0.3 is 5.97 Å². The van der Waals surface area contributed by atoms with E-state index in [0.717, 1.165) is 47.9 Å². The number of fused-ring (bicyclic) bond motifs is 3. The van der Waals surface area contributed by atoms with Gasteiger partial charge in [-0.1, -0.05) is 29.8 Å². The van der Waals surface area contributed by atoms with Crippen LogP contribution in [0.15, 0.2) is 36.4 Å². The Balaban J connectivity index is 2.00. The van der Waals surface area contributed by atoms with Gasteiger partial charge in [-0.3, -0.25) is 0 Å². The van der Waals surface area contributed by atoms with E-state index < -0.39 is 0 Å². The number of aromatic nitrogens is 1. The van der Waals surface area contributed by atoms with E-state index in [0.29, 0.717) is 23.2 Å². The molecular weight excluding hydrogens is 338 g/mol. The molecule has 1 fully saturated rings. The normalized spacial score (nSPS) is 15.8. The lowest BCUT2D eigenvalue weighted by Crippen LogP contribution is -2.19. The summed E-state index contributed by atoms with van der Waals surface area (Å²) in [5.74, 6) is -0.338. The lowest BCUT2D eigenvalue weighted by molar-refractivity contribution is 0.0526. The minimum Gasteiger partial charge on any atom is -0.462 e. The van der Waals surface area contributed by atoms with Crippen molar-refractivity contribution in [2.24, 2.45) is 0 Å². The van der Waals surface area contributed by atoms with Gasteiger partial charge in [-0.15, -0.1) is 0 Å². The van der Waals surface area contributed by atoms with E-state index in [-0.39, 0.29) is 5.97 Å². The van der Waals surface area contributed by atoms with Gasteiger partial charge in [-0.2, -0.15) is 0 Å². The van der Waals surface area contributed by atoms with Crippen molar-refractivity contribution in [3.63, 3.8) is 0 Å². The molecule has 1 aliphatic heterocycles. The first-order valence-electron chi connectivity index (χ1n) is 8.67. The number of esters is 1. The van der Waals surface area contributed by atoms with Crippen molar-refractivity contribution in [1.29, 1.82) is 0 Å². The van der Waals surface area contributed by atoms with E-state index in [1.165, 1.54) is 0 Å². The van der Waals surface area contributed by atoms with Gasteiger partial charge in [0.25, 0.3) is 0 Å². The number of carbonyl (C=O) groups excluding carboxylic acids is 1. The monoisotopic (exact) mass is 357 g/mol. The van der Waals surface area contributed by atoms with Crippen LogP contribution >= 0.6 is 11.6 Å². The van der Waals surface area contributed by atoms with Crippen LogP contribution < -0.4 is 0 Å². The summed E-state index contributed by atoms with van der Waals surface area (Å²) in [6.45, 7) is 3.66. The number of carbonyl (C=O) groups is 1. The highest BCUT2D eigenvalue weighted by Gasteiger charge is 2.23. The highest BCUT2D eigenvalue weighted by molar-refractivity contribution is 6.38. The van der Waals surface area contributed by atoms with Crippen molar-refractivity contribution in [2.75, 3.05) is 19.8 Å². The summed E-state index contributed by atoms with van der Waals surface area (Å²) in [6, 6.07) is 12.2. The average molecular weight is 358 g/mol. The van der Waals surface area contributed by atoms with E-state index in [1.54, 1.807) is 13.0 Å². The number of halogens is 1. The topological polar surface area (TPSA) is 40.5 Å². The quantitative estimate of drug-likeness (QED) is 0.621. The fourth-order valence-corrected chi connectivity index (χ4v) is 4.06. The number of rotatable bonds is 3. The lowest BCUT2D eigenvalue weighted by Gasteiger charge is -2.25. The molecule has 0 amide bonds. The van der Waals surface area contributed by atoms with Gasteiger partial charge < -0.3 is 14.0 Å². The summed E-state index contributed by atoms with van der Waals surface area (Å²) in [4.78, 5) is 12.2. The van der Waals surface area contributed by atoms with Gasteiger partial charge in [0, 0.05) is 35.5 Å². The average Bonchev–Trinajstić information content (AvgIpc) is 2.97. The largest absolute Gasteiger partial charge is 0.462 e. The Hall–Kier alpha value is -2.04. The molecule has 0 atom stereocenters. The molecule has 2 heterocycles. The minimum atomic E-state index is -0.338. The van der Waals surface area contributed by atoms with Crippen molar-refractivity contribution < 1.29 is 14.3 Å². The molecule has 4 rings (SSSR count). The second kappa shape index (κ2) is 6.70. The summed E-state index contributed by atoms with van der Waals surface area (Å²) in [7, 11) is 0. The van der Waals surface area contributed by atoms with Gasteiger partial charge in [0.05, 0.1) is 22.7 Å². The molecule has 1 aliphatic rings. The smallest absolute Gasteiger partial charge is 0.338 e. The second-order valence-corrected chi connectivity index (χ2v) is 6.71. The molecule has 1 saturated heterocycles. The predicted octanol–water partition coefficient (Wildman–Crippen LogP) is 4.98. The summed E-state index contributed by atoms with van der Waals surface area (Å²) in [5.41, 5.74) is 2.63. The van der Waals surface area contributed by atoms with Crippen molar-refractivity contribution in [2.45, 2.75) is 25.8 Å². The highest BCUT2D eigenvalue weighted by atomic mass is 35.5. The molecule has 0 bridgehead atoms. The van der Waals surface area contributed by atoms with Gasteiger partial charge in [0.1, 0.15) is 0 Å². The third-order valence-corrected chi connectivity index (χ3v) is 5.13. The zero-order valence-corrected chi connectivity index (χ0v) is 14.9. The molecule has 0 aliphatic carbocycles. The first kappa shape index (κ1) is 16.4. The van der Waals surface area contributed by atoms with Crippen LogP contribution in [0, 0.1) is 0 Å². The van der Waals surface area contributed by atoms with E-state index in [4.69, 9.17) is 21.1 Å². The number of para-hydroxylation sites is 1. The molecule has 5 heteroatoms. The summed E-state index contributed by atoms with van der Waals surface area (Å²) < 4.78 is 13.0. The van der Waals surface area contributed by atoms with E-state index in [1.807, 2.05) is 18.2 Å². The van der Waals surface area contributed by atoms with Gasteiger partial charge in [-0.05, 0) is 38.0 Å². The molecule has 4 nitrogen and oxygen atoms in total. The molecule has 25 heavy (non-hydrogen) atoms. The first-order valence-corrected chi connectivity index (χ1v) is 9.05. The van der Waals surface area contributed by atoms with Gasteiger partial charge in [0.2, 0.25) is 0 Å². The third kappa shape index (κ3) is 2.79. The molecule has 2 aromatic carbocycles. The standard InChI is InChI=1S/C20H20ClNO3/c1-2-25-20(23)13-11-16(21)19-15-5-3-4-6-17(15)22(18(19)12-13)14-7-9-24-10-8-14/h3-6,11-12,14H,2,7-10H2,1H3. The number of hydrogen-bond donors (Lipinski definition) is 0. The number of ether oxygens (including phenoxy) is 2. The number of benzene rings is 2. The minimum absolute atomic E-state index is 0.338. The number of nitrogens with zero attached hydrogens (tertiary/aromatic N) is 1. The van der Waals surface area contributed by atoms with Crippen LogP contribution in [0.4, 0.5) is 0 Å². The molecule has 1 aromatic heterocycles. The van der Waals surface area contributed by atoms with Crippen LogP contribution in [0.3, 0.4) is 0 Å². The van der Waals surface area contributed by atoms with Crippen LogP contribution in [-0.2, 0) is 9.47 Å². The number of hydrogen-bond acceptors (Lipinski definition) is 3. The predicted molar refractivity (Wildman–Crippen MR) is 99.5 cm³/mol. The highest BCUT2D eigenvalue weighted by Crippen LogP contribution is 2.39. The molecule has 130 valence electrons. The fourth-order valence-electron chi connectivity index (χ4n) is 3.74. The maximum absolute atomic E-state index is 12.2. The molecule has 3 aromatic rings. The summed E-state index contributed by atoms with van der Waals surface area (Å²) in [6.07, 6.45) is 1.91. The van der Waals surface area contributed by atoms with Gasteiger partial charge in [0.15, 0.2) is 0 Å². The molecule has 0 N–H and O–H groups in total. The zero-order chi connectivity index (χ0) is 17.4. The van der Waals surface area contributed by atoms with Crippen molar-refractivity contribution in [3.05, 3.63) is 47.0 Å². The van der Waals surface area contributed by atoms with Crippen LogP contribution in [0.2, 0.25) is 5.02 Å². The lowest BCUT2D eigenvalue weighted by atomic mass is 10.1. The van der Waals surface area contributed by atoms with Crippen LogP contribution in [-0.4, -0.2) is 30.4 Å².